The number of nitrogens with one attached hydrogen (secondary N) is 1. The lowest BCUT2D eigenvalue weighted by Crippen LogP contribution is -2.60. The third kappa shape index (κ3) is 2.43. The number of halogens is 1. The maximum atomic E-state index is 12.7. The predicted octanol–water partition coefficient (Wildman–Crippen LogP) is 3.29. The Kier molecular flexibility index (Phi) is 3.18. The lowest BCUT2D eigenvalue weighted by atomic mass is 9.53. The second-order valence-electron chi connectivity index (χ2n) is 7.50. The van der Waals surface area contributed by atoms with Crippen LogP contribution in [0.1, 0.15) is 51.5 Å². The van der Waals surface area contributed by atoms with E-state index in [-0.39, 0.29) is 17.5 Å². The number of carbonyl (C=O) groups is 1. The fourth-order valence-corrected chi connectivity index (χ4v) is 5.58. The molecule has 1 N–H and O–H groups in total. The monoisotopic (exact) mass is 351 g/mol. The largest absolute Gasteiger partial charge is 0.349 e. The summed E-state index contributed by atoms with van der Waals surface area (Å²) in [6.45, 7) is 1.93. The molecular weight excluding hydrogens is 330 g/mol. The van der Waals surface area contributed by atoms with Crippen molar-refractivity contribution in [1.82, 2.24) is 15.1 Å². The third-order valence-electron chi connectivity index (χ3n) is 5.77. The normalized spacial score (nSPS) is 38.5. The van der Waals surface area contributed by atoms with Gasteiger partial charge in [0, 0.05) is 11.7 Å². The van der Waals surface area contributed by atoms with Crippen LogP contribution in [0.2, 0.25) is 0 Å². The smallest absolute Gasteiger partial charge is 0.245 e. The molecule has 0 spiro atoms. The summed E-state index contributed by atoms with van der Waals surface area (Å²) in [7, 11) is 0. The summed E-state index contributed by atoms with van der Waals surface area (Å²) >= 11 is 3.39. The van der Waals surface area contributed by atoms with Crippen molar-refractivity contribution < 1.29 is 4.79 Å². The molecule has 0 aliphatic heterocycles. The van der Waals surface area contributed by atoms with E-state index >= 15 is 0 Å². The van der Waals surface area contributed by atoms with E-state index in [4.69, 9.17) is 0 Å². The first-order chi connectivity index (χ1) is 10.0. The SMILES string of the molecule is CC(C(=O)NC12CC3CC(CC(C3)C1)C2)n1cc(Br)cn1. The average molecular weight is 352 g/mol. The molecule has 0 saturated heterocycles. The van der Waals surface area contributed by atoms with Crippen molar-refractivity contribution in [1.29, 1.82) is 0 Å². The van der Waals surface area contributed by atoms with Crippen LogP contribution in [0.15, 0.2) is 16.9 Å². The summed E-state index contributed by atoms with van der Waals surface area (Å²) in [6, 6.07) is -0.246. The minimum Gasteiger partial charge on any atom is -0.349 e. The zero-order chi connectivity index (χ0) is 14.6. The highest BCUT2D eigenvalue weighted by molar-refractivity contribution is 9.10. The standard InChI is InChI=1S/C16H22BrN3O/c1-10(20-9-14(17)8-18-20)15(21)19-16-5-11-2-12(6-16)4-13(3-11)7-16/h8-13H,2-7H2,1H3,(H,19,21). The number of aromatic nitrogens is 2. The Morgan fingerprint density at radius 1 is 1.33 bits per heavy atom. The molecule has 0 radical (unpaired) electrons. The van der Waals surface area contributed by atoms with E-state index in [0.717, 1.165) is 22.2 Å². The number of hydrogen-bond donors (Lipinski definition) is 1. The lowest BCUT2D eigenvalue weighted by Gasteiger charge is -2.57. The van der Waals surface area contributed by atoms with Crippen molar-refractivity contribution in [3.05, 3.63) is 16.9 Å². The van der Waals surface area contributed by atoms with Crippen molar-refractivity contribution in [2.24, 2.45) is 17.8 Å². The van der Waals surface area contributed by atoms with E-state index in [2.05, 4.69) is 26.3 Å². The minimum absolute atomic E-state index is 0.0878. The Labute approximate surface area is 133 Å². The van der Waals surface area contributed by atoms with Crippen LogP contribution in [-0.2, 0) is 4.79 Å². The average Bonchev–Trinajstić information content (AvgIpc) is 2.82. The molecule has 1 unspecified atom stereocenters. The quantitative estimate of drug-likeness (QED) is 0.907. The van der Waals surface area contributed by atoms with Gasteiger partial charge in [-0.3, -0.25) is 9.48 Å². The van der Waals surface area contributed by atoms with E-state index < -0.39 is 0 Å². The zero-order valence-corrected chi connectivity index (χ0v) is 14.0. The first kappa shape index (κ1) is 13.8. The van der Waals surface area contributed by atoms with Gasteiger partial charge in [-0.05, 0) is 79.1 Å². The molecule has 4 aliphatic carbocycles. The Hall–Kier alpha value is -0.840. The van der Waals surface area contributed by atoms with Gasteiger partial charge in [0.05, 0.1) is 10.7 Å². The predicted molar refractivity (Wildman–Crippen MR) is 83.7 cm³/mol. The molecule has 114 valence electrons. The molecule has 1 atom stereocenters. The summed E-state index contributed by atoms with van der Waals surface area (Å²) in [5, 5.41) is 7.66. The topological polar surface area (TPSA) is 46.9 Å². The molecule has 5 heteroatoms. The molecule has 1 amide bonds. The van der Waals surface area contributed by atoms with Crippen molar-refractivity contribution in [3.63, 3.8) is 0 Å². The zero-order valence-electron chi connectivity index (χ0n) is 12.4. The maximum absolute atomic E-state index is 12.7. The van der Waals surface area contributed by atoms with Gasteiger partial charge < -0.3 is 5.32 Å². The molecule has 4 saturated carbocycles. The molecule has 4 fully saturated rings. The molecular formula is C16H22BrN3O. The van der Waals surface area contributed by atoms with Gasteiger partial charge in [0.1, 0.15) is 6.04 Å². The van der Waals surface area contributed by atoms with Crippen LogP contribution in [0.3, 0.4) is 0 Å². The van der Waals surface area contributed by atoms with Gasteiger partial charge in [-0.2, -0.15) is 5.10 Å². The number of nitrogens with zero attached hydrogens (tertiary/aromatic N) is 2. The van der Waals surface area contributed by atoms with Gasteiger partial charge in [0.25, 0.3) is 0 Å². The summed E-state index contributed by atoms with van der Waals surface area (Å²) in [5.74, 6) is 2.68. The van der Waals surface area contributed by atoms with Crippen LogP contribution in [0.4, 0.5) is 0 Å². The number of carbonyl (C=O) groups excluding carboxylic acids is 1. The molecule has 4 aliphatic rings. The van der Waals surface area contributed by atoms with Crippen molar-refractivity contribution in [2.45, 2.75) is 57.0 Å². The van der Waals surface area contributed by atoms with E-state index in [9.17, 15) is 4.79 Å². The summed E-state index contributed by atoms with van der Waals surface area (Å²) < 4.78 is 2.65. The van der Waals surface area contributed by atoms with Crippen molar-refractivity contribution in [2.75, 3.05) is 0 Å². The van der Waals surface area contributed by atoms with E-state index in [1.165, 1.54) is 38.5 Å². The van der Waals surface area contributed by atoms with Gasteiger partial charge >= 0.3 is 0 Å². The number of amides is 1. The van der Waals surface area contributed by atoms with E-state index in [1.54, 1.807) is 10.9 Å². The van der Waals surface area contributed by atoms with Crippen LogP contribution in [0.25, 0.3) is 0 Å². The van der Waals surface area contributed by atoms with Gasteiger partial charge in [-0.25, -0.2) is 0 Å². The summed E-state index contributed by atoms with van der Waals surface area (Å²) in [5.41, 5.74) is 0.0878. The molecule has 5 rings (SSSR count). The van der Waals surface area contributed by atoms with Crippen LogP contribution in [-0.4, -0.2) is 21.2 Å². The Morgan fingerprint density at radius 2 is 1.90 bits per heavy atom. The number of hydrogen-bond acceptors (Lipinski definition) is 2. The molecule has 4 nitrogen and oxygen atoms in total. The Balaban J connectivity index is 1.49. The molecule has 0 aromatic carbocycles. The van der Waals surface area contributed by atoms with Crippen LogP contribution < -0.4 is 5.32 Å². The molecule has 1 aromatic rings. The van der Waals surface area contributed by atoms with Crippen LogP contribution in [0.5, 0.6) is 0 Å². The first-order valence-electron chi connectivity index (χ1n) is 8.05. The Morgan fingerprint density at radius 3 is 2.38 bits per heavy atom. The first-order valence-corrected chi connectivity index (χ1v) is 8.84. The highest BCUT2D eigenvalue weighted by Gasteiger charge is 2.51. The summed E-state index contributed by atoms with van der Waals surface area (Å²) in [4.78, 5) is 12.7. The van der Waals surface area contributed by atoms with E-state index in [0.29, 0.717) is 0 Å². The lowest BCUT2D eigenvalue weighted by molar-refractivity contribution is -0.129. The van der Waals surface area contributed by atoms with Crippen molar-refractivity contribution >= 4 is 21.8 Å². The highest BCUT2D eigenvalue weighted by Crippen LogP contribution is 2.55. The van der Waals surface area contributed by atoms with Gasteiger partial charge in [-0.15, -0.1) is 0 Å². The number of rotatable bonds is 3. The maximum Gasteiger partial charge on any atom is 0.245 e. The molecule has 21 heavy (non-hydrogen) atoms. The minimum atomic E-state index is -0.246. The van der Waals surface area contributed by atoms with Crippen LogP contribution >= 0.6 is 15.9 Å². The second kappa shape index (κ2) is 4.83. The van der Waals surface area contributed by atoms with Gasteiger partial charge in [-0.1, -0.05) is 0 Å². The third-order valence-corrected chi connectivity index (χ3v) is 6.18. The second-order valence-corrected chi connectivity index (χ2v) is 8.42. The molecule has 4 bridgehead atoms. The Bertz CT molecular complexity index is 532. The highest BCUT2D eigenvalue weighted by atomic mass is 79.9. The molecule has 1 heterocycles. The molecule has 1 aromatic heterocycles. The fraction of sp³-hybridized carbons (Fsp3) is 0.750. The van der Waals surface area contributed by atoms with Gasteiger partial charge in [0.2, 0.25) is 5.91 Å². The van der Waals surface area contributed by atoms with Crippen LogP contribution in [0, 0.1) is 17.8 Å². The van der Waals surface area contributed by atoms with Crippen molar-refractivity contribution in [3.8, 4) is 0 Å². The van der Waals surface area contributed by atoms with Gasteiger partial charge in [0.15, 0.2) is 0 Å². The fourth-order valence-electron chi connectivity index (χ4n) is 5.28. The summed E-state index contributed by atoms with van der Waals surface area (Å²) in [6.07, 6.45) is 11.4. The van der Waals surface area contributed by atoms with E-state index in [1.807, 2.05) is 13.1 Å².